The maximum atomic E-state index is 12.1. The van der Waals surface area contributed by atoms with Gasteiger partial charge in [-0.1, -0.05) is 0 Å². The number of carbonyl (C=O) groups is 4. The van der Waals surface area contributed by atoms with Crippen LogP contribution in [0.4, 0.5) is 0 Å². The standard InChI is InChI=1S/C30H30N2O9.BrH/c1-14-23-12-32(30-29(41-19(6)36)28(40-18(5)35)25(13-37-30)39-17(4)34)10-9-21(23)15(2)27-26(14)22-11-20(38-16(3)33)7-8-24(22)31-27;/h7-12,25,28-30H,13H2,1-6H3;1H/t25-,28-,29+,30+;/m1./s1. The van der Waals surface area contributed by atoms with Crippen molar-refractivity contribution in [2.24, 2.45) is 0 Å². The van der Waals surface area contributed by atoms with Crippen LogP contribution in [0, 0.1) is 13.8 Å². The lowest BCUT2D eigenvalue weighted by Gasteiger charge is -2.37. The van der Waals surface area contributed by atoms with Gasteiger partial charge < -0.3 is 45.6 Å². The van der Waals surface area contributed by atoms with E-state index in [2.05, 4.69) is 4.98 Å². The summed E-state index contributed by atoms with van der Waals surface area (Å²) in [6.45, 7) is 9.02. The molecule has 1 aliphatic heterocycles. The molecule has 0 saturated carbocycles. The molecule has 222 valence electrons. The van der Waals surface area contributed by atoms with Gasteiger partial charge in [-0.15, -0.1) is 0 Å². The van der Waals surface area contributed by atoms with Crippen LogP contribution in [0.2, 0.25) is 0 Å². The topological polar surface area (TPSA) is 134 Å². The minimum Gasteiger partial charge on any atom is -1.00 e. The number of halogens is 1. The first-order valence-corrected chi connectivity index (χ1v) is 13.2. The second kappa shape index (κ2) is 12.1. The normalized spacial score (nSPS) is 20.1. The zero-order chi connectivity index (χ0) is 29.6. The van der Waals surface area contributed by atoms with Crippen molar-refractivity contribution in [3.63, 3.8) is 0 Å². The average molecular weight is 643 g/mol. The number of ether oxygens (including phenoxy) is 5. The molecule has 2 aromatic heterocycles. The summed E-state index contributed by atoms with van der Waals surface area (Å²) in [5.74, 6) is -1.76. The Hall–Kier alpha value is -4.03. The molecule has 1 N–H and O–H groups in total. The van der Waals surface area contributed by atoms with Crippen LogP contribution in [0.3, 0.4) is 0 Å². The fourth-order valence-electron chi connectivity index (χ4n) is 5.62. The van der Waals surface area contributed by atoms with Crippen LogP contribution < -0.4 is 26.3 Å². The van der Waals surface area contributed by atoms with Gasteiger partial charge in [-0.05, 0) is 48.6 Å². The molecule has 0 spiro atoms. The van der Waals surface area contributed by atoms with Gasteiger partial charge in [-0.2, -0.15) is 4.57 Å². The molecule has 4 atom stereocenters. The predicted molar refractivity (Wildman–Crippen MR) is 146 cm³/mol. The Bertz CT molecular complexity index is 1730. The first kappa shape index (κ1) is 30.9. The molecule has 1 aliphatic rings. The molecule has 0 radical (unpaired) electrons. The molecular formula is C30H31BrN2O9. The van der Waals surface area contributed by atoms with Gasteiger partial charge in [0.25, 0.3) is 0 Å². The predicted octanol–water partition coefficient (Wildman–Crippen LogP) is 0.632. The number of hydrogen-bond donors (Lipinski definition) is 1. The maximum absolute atomic E-state index is 12.1. The number of aromatic amines is 1. The lowest BCUT2D eigenvalue weighted by Crippen LogP contribution is -3.00. The number of rotatable bonds is 5. The van der Waals surface area contributed by atoms with E-state index >= 15 is 0 Å². The molecule has 12 heteroatoms. The maximum Gasteiger partial charge on any atom is 0.308 e. The van der Waals surface area contributed by atoms with E-state index in [4.69, 9.17) is 23.7 Å². The largest absolute Gasteiger partial charge is 1.00 e. The fourth-order valence-corrected chi connectivity index (χ4v) is 5.62. The van der Waals surface area contributed by atoms with Crippen molar-refractivity contribution in [2.45, 2.75) is 66.1 Å². The highest BCUT2D eigenvalue weighted by molar-refractivity contribution is 6.16. The van der Waals surface area contributed by atoms with Crippen LogP contribution in [-0.2, 0) is 38.1 Å². The second-order valence-electron chi connectivity index (χ2n) is 10.2. The molecule has 0 aliphatic carbocycles. The number of esters is 4. The fraction of sp³-hybridized carbons (Fsp3) is 0.367. The summed E-state index contributed by atoms with van der Waals surface area (Å²) in [6.07, 6.45) is -0.320. The van der Waals surface area contributed by atoms with Crippen molar-refractivity contribution in [3.05, 3.63) is 47.8 Å². The monoisotopic (exact) mass is 642 g/mol. The highest BCUT2D eigenvalue weighted by atomic mass is 79.9. The van der Waals surface area contributed by atoms with E-state index in [0.29, 0.717) is 5.75 Å². The molecule has 5 rings (SSSR count). The van der Waals surface area contributed by atoms with E-state index < -0.39 is 48.4 Å². The zero-order valence-electron chi connectivity index (χ0n) is 24.0. The third-order valence-corrected chi connectivity index (χ3v) is 7.19. The molecule has 4 aromatic rings. The number of H-pyrrole nitrogens is 1. The number of carbonyl (C=O) groups excluding carboxylic acids is 4. The van der Waals surface area contributed by atoms with Crippen molar-refractivity contribution in [3.8, 4) is 5.75 Å². The molecular weight excluding hydrogens is 612 g/mol. The smallest absolute Gasteiger partial charge is 0.308 e. The van der Waals surface area contributed by atoms with E-state index in [-0.39, 0.29) is 23.6 Å². The SMILES string of the molecule is CC(=O)Oc1ccc2[nH]c3c(C)c4cc[n+]([C@H]5OC[C@@H](OC(C)=O)[C@@H](OC(C)=O)[C@@H]5OC(C)=O)cc4c(C)c3c2c1.[Br-]. The summed E-state index contributed by atoms with van der Waals surface area (Å²) in [5, 5.41) is 3.79. The molecule has 0 bridgehead atoms. The summed E-state index contributed by atoms with van der Waals surface area (Å²) in [4.78, 5) is 50.9. The number of nitrogens with one attached hydrogen (secondary N) is 1. The Morgan fingerprint density at radius 2 is 1.50 bits per heavy atom. The number of aryl methyl sites for hydroxylation is 2. The number of fused-ring (bicyclic) bond motifs is 4. The first-order valence-electron chi connectivity index (χ1n) is 13.2. The van der Waals surface area contributed by atoms with Crippen LogP contribution in [0.1, 0.15) is 45.0 Å². The molecule has 1 saturated heterocycles. The summed E-state index contributed by atoms with van der Waals surface area (Å²) in [6, 6.07) is 7.41. The summed E-state index contributed by atoms with van der Waals surface area (Å²) in [7, 11) is 0. The Morgan fingerprint density at radius 1 is 0.833 bits per heavy atom. The van der Waals surface area contributed by atoms with E-state index in [9.17, 15) is 19.2 Å². The minimum absolute atomic E-state index is 0. The van der Waals surface area contributed by atoms with Gasteiger partial charge in [0, 0.05) is 55.4 Å². The molecule has 1 fully saturated rings. The van der Waals surface area contributed by atoms with Gasteiger partial charge in [-0.25, -0.2) is 0 Å². The molecule has 42 heavy (non-hydrogen) atoms. The number of pyridine rings is 1. The van der Waals surface area contributed by atoms with E-state index in [0.717, 1.165) is 43.7 Å². The van der Waals surface area contributed by atoms with E-state index in [1.54, 1.807) is 16.8 Å². The van der Waals surface area contributed by atoms with Crippen LogP contribution in [-0.4, -0.2) is 53.8 Å². The van der Waals surface area contributed by atoms with Gasteiger partial charge in [0.1, 0.15) is 5.75 Å². The van der Waals surface area contributed by atoms with Gasteiger partial charge in [-0.3, -0.25) is 19.2 Å². The van der Waals surface area contributed by atoms with Crippen LogP contribution in [0.15, 0.2) is 36.7 Å². The van der Waals surface area contributed by atoms with Crippen molar-refractivity contribution in [1.29, 1.82) is 0 Å². The van der Waals surface area contributed by atoms with Crippen LogP contribution >= 0.6 is 0 Å². The molecule has 2 aromatic carbocycles. The Morgan fingerprint density at radius 3 is 2.14 bits per heavy atom. The van der Waals surface area contributed by atoms with Gasteiger partial charge in [0.2, 0.25) is 6.10 Å². The lowest BCUT2D eigenvalue weighted by molar-refractivity contribution is -0.773. The summed E-state index contributed by atoms with van der Waals surface area (Å²) >= 11 is 0. The van der Waals surface area contributed by atoms with Crippen molar-refractivity contribution >= 4 is 56.5 Å². The summed E-state index contributed by atoms with van der Waals surface area (Å²) < 4.78 is 29.6. The molecule has 11 nitrogen and oxygen atoms in total. The number of hydrogen-bond acceptors (Lipinski definition) is 9. The van der Waals surface area contributed by atoms with E-state index in [1.807, 2.05) is 38.2 Å². The van der Waals surface area contributed by atoms with Crippen molar-refractivity contribution in [1.82, 2.24) is 4.98 Å². The Balaban J connectivity index is 0.00000405. The zero-order valence-corrected chi connectivity index (χ0v) is 25.6. The molecule has 0 amide bonds. The molecule has 0 unspecified atom stereocenters. The third kappa shape index (κ3) is 5.82. The van der Waals surface area contributed by atoms with Gasteiger partial charge in [0.15, 0.2) is 24.6 Å². The highest BCUT2D eigenvalue weighted by Gasteiger charge is 2.51. The van der Waals surface area contributed by atoms with Crippen molar-refractivity contribution in [2.75, 3.05) is 6.61 Å². The highest BCUT2D eigenvalue weighted by Crippen LogP contribution is 2.38. The third-order valence-electron chi connectivity index (χ3n) is 7.19. The average Bonchev–Trinajstić information content (AvgIpc) is 3.27. The van der Waals surface area contributed by atoms with E-state index in [1.165, 1.54) is 27.7 Å². The van der Waals surface area contributed by atoms with Crippen LogP contribution in [0.5, 0.6) is 5.75 Å². The summed E-state index contributed by atoms with van der Waals surface area (Å²) in [5.41, 5.74) is 3.85. The first-order chi connectivity index (χ1) is 19.4. The Labute approximate surface area is 251 Å². The van der Waals surface area contributed by atoms with Gasteiger partial charge >= 0.3 is 30.1 Å². The van der Waals surface area contributed by atoms with Gasteiger partial charge in [0.05, 0.1) is 12.1 Å². The number of aromatic nitrogens is 2. The van der Waals surface area contributed by atoms with Crippen molar-refractivity contribution < 1.29 is 64.4 Å². The number of nitrogens with zero attached hydrogens (tertiary/aromatic N) is 1. The van der Waals surface area contributed by atoms with Crippen LogP contribution in [0.25, 0.3) is 32.6 Å². The Kier molecular flexibility index (Phi) is 8.88. The lowest BCUT2D eigenvalue weighted by atomic mass is 9.96. The minimum atomic E-state index is -1.10. The number of benzene rings is 2. The molecule has 3 heterocycles. The quantitative estimate of drug-likeness (QED) is 0.144. The second-order valence-corrected chi connectivity index (χ2v) is 10.2.